The summed E-state index contributed by atoms with van der Waals surface area (Å²) in [7, 11) is 0. The number of hydrogen-bond acceptors (Lipinski definition) is 3. The fraction of sp³-hybridized carbons (Fsp3) is 0.200. The average Bonchev–Trinajstić information content (AvgIpc) is 2.44. The highest BCUT2D eigenvalue weighted by Crippen LogP contribution is 2.10. The van der Waals surface area contributed by atoms with Gasteiger partial charge in [0.05, 0.1) is 10.9 Å². The summed E-state index contributed by atoms with van der Waals surface area (Å²) in [5, 5.41) is 3.21. The zero-order valence-corrected chi connectivity index (χ0v) is 10.7. The number of carbonyl (C=O) groups excluding carboxylic acids is 1. The van der Waals surface area contributed by atoms with Crippen molar-refractivity contribution in [1.29, 1.82) is 0 Å². The molecule has 0 unspecified atom stereocenters. The second-order valence-electron chi connectivity index (χ2n) is 4.14. The van der Waals surface area contributed by atoms with Crippen molar-refractivity contribution in [2.75, 3.05) is 6.54 Å². The third-order valence-corrected chi connectivity index (χ3v) is 2.67. The molecule has 1 aromatic heterocycles. The van der Waals surface area contributed by atoms with Crippen LogP contribution < -0.4 is 10.7 Å². The van der Waals surface area contributed by atoms with Gasteiger partial charge in [-0.2, -0.15) is 0 Å². The summed E-state index contributed by atoms with van der Waals surface area (Å²) >= 11 is 0. The number of amides is 1. The van der Waals surface area contributed by atoms with E-state index in [4.69, 9.17) is 4.42 Å². The molecular formula is C15H15NO3. The summed E-state index contributed by atoms with van der Waals surface area (Å²) < 4.78 is 5.35. The van der Waals surface area contributed by atoms with Gasteiger partial charge in [0, 0.05) is 12.6 Å². The highest BCUT2D eigenvalue weighted by molar-refractivity contribution is 5.92. The zero-order chi connectivity index (χ0) is 13.7. The van der Waals surface area contributed by atoms with Crippen LogP contribution in [-0.2, 0) is 4.79 Å². The normalized spacial score (nSPS) is 11.0. The summed E-state index contributed by atoms with van der Waals surface area (Å²) in [4.78, 5) is 23.5. The lowest BCUT2D eigenvalue weighted by atomic mass is 10.1. The van der Waals surface area contributed by atoms with Crippen molar-refractivity contribution >= 4 is 23.0 Å². The van der Waals surface area contributed by atoms with Gasteiger partial charge in [-0.3, -0.25) is 9.59 Å². The van der Waals surface area contributed by atoms with E-state index in [2.05, 4.69) is 5.32 Å². The topological polar surface area (TPSA) is 59.3 Å². The summed E-state index contributed by atoms with van der Waals surface area (Å²) in [5.74, 6) is -0.214. The van der Waals surface area contributed by atoms with Crippen LogP contribution in [0.25, 0.3) is 17.0 Å². The van der Waals surface area contributed by atoms with E-state index in [9.17, 15) is 9.59 Å². The lowest BCUT2D eigenvalue weighted by Crippen LogP contribution is -2.21. The average molecular weight is 257 g/mol. The predicted octanol–water partition coefficient (Wildman–Crippen LogP) is 2.33. The molecule has 98 valence electrons. The van der Waals surface area contributed by atoms with E-state index >= 15 is 0 Å². The molecule has 1 heterocycles. The van der Waals surface area contributed by atoms with Gasteiger partial charge in [-0.25, -0.2) is 0 Å². The first-order chi connectivity index (χ1) is 9.22. The van der Waals surface area contributed by atoms with Crippen molar-refractivity contribution in [3.63, 3.8) is 0 Å². The molecular weight excluding hydrogens is 242 g/mol. The molecule has 2 rings (SSSR count). The first kappa shape index (κ1) is 13.1. The number of benzene rings is 1. The van der Waals surface area contributed by atoms with Crippen molar-refractivity contribution in [2.24, 2.45) is 0 Å². The Morgan fingerprint density at radius 3 is 2.95 bits per heavy atom. The zero-order valence-electron chi connectivity index (χ0n) is 10.7. The summed E-state index contributed by atoms with van der Waals surface area (Å²) in [6.07, 6.45) is 5.06. The van der Waals surface area contributed by atoms with Crippen LogP contribution in [0, 0.1) is 0 Å². The van der Waals surface area contributed by atoms with E-state index in [1.807, 2.05) is 6.92 Å². The quantitative estimate of drug-likeness (QED) is 0.855. The molecule has 1 aromatic carbocycles. The van der Waals surface area contributed by atoms with Crippen LogP contribution >= 0.6 is 0 Å². The molecule has 0 bridgehead atoms. The molecule has 0 fully saturated rings. The number of hydrogen-bond donors (Lipinski definition) is 1. The molecule has 0 saturated heterocycles. The van der Waals surface area contributed by atoms with E-state index in [0.29, 0.717) is 23.1 Å². The van der Waals surface area contributed by atoms with Gasteiger partial charge in [0.25, 0.3) is 0 Å². The molecule has 1 N–H and O–H groups in total. The van der Waals surface area contributed by atoms with Crippen molar-refractivity contribution in [3.8, 4) is 0 Å². The first-order valence-corrected chi connectivity index (χ1v) is 6.19. The molecule has 19 heavy (non-hydrogen) atoms. The van der Waals surface area contributed by atoms with Gasteiger partial charge < -0.3 is 9.73 Å². The van der Waals surface area contributed by atoms with Crippen LogP contribution in [0.3, 0.4) is 0 Å². The minimum Gasteiger partial charge on any atom is -0.463 e. The standard InChI is InChI=1S/C15H15NO3/c1-2-9-16-14(17)8-7-11-10-19-13-6-4-3-5-12(13)15(11)18/h3-8,10H,2,9H2,1H3,(H,16,17)/b8-7+. The number of rotatable bonds is 4. The molecule has 0 aliphatic carbocycles. The Morgan fingerprint density at radius 2 is 2.16 bits per heavy atom. The maximum absolute atomic E-state index is 12.1. The lowest BCUT2D eigenvalue weighted by Gasteiger charge is -1.99. The molecule has 0 atom stereocenters. The van der Waals surface area contributed by atoms with Gasteiger partial charge in [0.1, 0.15) is 11.8 Å². The molecule has 4 nitrogen and oxygen atoms in total. The Hall–Kier alpha value is -2.36. The van der Waals surface area contributed by atoms with Crippen molar-refractivity contribution in [3.05, 3.63) is 52.4 Å². The van der Waals surface area contributed by atoms with Gasteiger partial charge >= 0.3 is 0 Å². The van der Waals surface area contributed by atoms with Crippen molar-refractivity contribution in [1.82, 2.24) is 5.32 Å². The number of fused-ring (bicyclic) bond motifs is 1. The predicted molar refractivity (Wildman–Crippen MR) is 74.8 cm³/mol. The van der Waals surface area contributed by atoms with Gasteiger partial charge in [-0.15, -0.1) is 0 Å². The van der Waals surface area contributed by atoms with E-state index in [1.165, 1.54) is 18.4 Å². The van der Waals surface area contributed by atoms with E-state index in [0.717, 1.165) is 6.42 Å². The Kier molecular flexibility index (Phi) is 4.13. The number of carbonyl (C=O) groups is 1. The monoisotopic (exact) mass is 257 g/mol. The van der Waals surface area contributed by atoms with Crippen LogP contribution in [0.4, 0.5) is 0 Å². The molecule has 0 aliphatic heterocycles. The second kappa shape index (κ2) is 6.00. The van der Waals surface area contributed by atoms with Crippen LogP contribution in [0.5, 0.6) is 0 Å². The van der Waals surface area contributed by atoms with Crippen LogP contribution in [-0.4, -0.2) is 12.5 Å². The maximum Gasteiger partial charge on any atom is 0.244 e. The Labute approximate surface area is 110 Å². The highest BCUT2D eigenvalue weighted by atomic mass is 16.3. The molecule has 2 aromatic rings. The Balaban J connectivity index is 2.26. The fourth-order valence-electron chi connectivity index (χ4n) is 1.68. The van der Waals surface area contributed by atoms with Crippen LogP contribution in [0.2, 0.25) is 0 Å². The minimum absolute atomic E-state index is 0.138. The smallest absolute Gasteiger partial charge is 0.244 e. The summed E-state index contributed by atoms with van der Waals surface area (Å²) in [5.41, 5.74) is 0.770. The van der Waals surface area contributed by atoms with Gasteiger partial charge in [0.2, 0.25) is 5.91 Å². The second-order valence-corrected chi connectivity index (χ2v) is 4.14. The van der Waals surface area contributed by atoms with E-state index < -0.39 is 0 Å². The summed E-state index contributed by atoms with van der Waals surface area (Å²) in [6.45, 7) is 2.59. The number of nitrogens with one attached hydrogen (secondary N) is 1. The third-order valence-electron chi connectivity index (χ3n) is 2.67. The molecule has 4 heteroatoms. The van der Waals surface area contributed by atoms with E-state index in [1.54, 1.807) is 24.3 Å². The first-order valence-electron chi connectivity index (χ1n) is 6.19. The van der Waals surface area contributed by atoms with Gasteiger partial charge in [-0.1, -0.05) is 19.1 Å². The molecule has 1 amide bonds. The molecule has 0 aliphatic rings. The number of para-hydroxylation sites is 1. The summed E-state index contributed by atoms with van der Waals surface area (Å²) in [6, 6.07) is 7.02. The SMILES string of the molecule is CCCNC(=O)/C=C/c1coc2ccccc2c1=O. The Bertz CT molecular complexity index is 670. The van der Waals surface area contributed by atoms with Crippen molar-refractivity contribution in [2.45, 2.75) is 13.3 Å². The van der Waals surface area contributed by atoms with Crippen LogP contribution in [0.1, 0.15) is 18.9 Å². The lowest BCUT2D eigenvalue weighted by molar-refractivity contribution is -0.116. The third kappa shape index (κ3) is 3.10. The fourth-order valence-corrected chi connectivity index (χ4v) is 1.68. The highest BCUT2D eigenvalue weighted by Gasteiger charge is 2.04. The molecule has 0 radical (unpaired) electrons. The maximum atomic E-state index is 12.1. The van der Waals surface area contributed by atoms with Gasteiger partial charge in [0.15, 0.2) is 5.43 Å². The van der Waals surface area contributed by atoms with Crippen LogP contribution in [0.15, 0.2) is 45.8 Å². The van der Waals surface area contributed by atoms with E-state index in [-0.39, 0.29) is 11.3 Å². The minimum atomic E-state index is -0.214. The molecule has 0 saturated carbocycles. The largest absolute Gasteiger partial charge is 0.463 e. The molecule has 0 spiro atoms. The Morgan fingerprint density at radius 1 is 1.37 bits per heavy atom. The van der Waals surface area contributed by atoms with Crippen molar-refractivity contribution < 1.29 is 9.21 Å². The van der Waals surface area contributed by atoms with Gasteiger partial charge in [-0.05, 0) is 24.6 Å².